The molecule has 0 spiro atoms. The van der Waals surface area contributed by atoms with Crippen molar-refractivity contribution in [3.8, 4) is 0 Å². The van der Waals surface area contributed by atoms with E-state index in [0.29, 0.717) is 6.42 Å². The third kappa shape index (κ3) is 3.32. The lowest BCUT2D eigenvalue weighted by molar-refractivity contribution is -0.133. The molecule has 0 bridgehead atoms. The van der Waals surface area contributed by atoms with Crippen molar-refractivity contribution in [3.05, 3.63) is 35.4 Å². The first-order chi connectivity index (χ1) is 9.98. The van der Waals surface area contributed by atoms with Crippen LogP contribution < -0.4 is 5.48 Å². The SMILES string of the molecule is CC(CCCC1(C)CCc2ccccc2C1=O)C(=O)NO. The minimum Gasteiger partial charge on any atom is -0.294 e. The smallest absolute Gasteiger partial charge is 0.246 e. The Labute approximate surface area is 125 Å². The maximum absolute atomic E-state index is 12.7. The van der Waals surface area contributed by atoms with E-state index in [9.17, 15) is 9.59 Å². The van der Waals surface area contributed by atoms with Gasteiger partial charge in [0.05, 0.1) is 0 Å². The molecule has 2 unspecified atom stereocenters. The van der Waals surface area contributed by atoms with E-state index in [4.69, 9.17) is 5.21 Å². The Bertz CT molecular complexity index is 541. The number of carbonyl (C=O) groups excluding carboxylic acids is 2. The normalized spacial score (nSPS) is 22.5. The number of hydroxylamine groups is 1. The van der Waals surface area contributed by atoms with Crippen LogP contribution in [-0.2, 0) is 11.2 Å². The summed E-state index contributed by atoms with van der Waals surface area (Å²) in [6.45, 7) is 3.81. The summed E-state index contributed by atoms with van der Waals surface area (Å²) in [4.78, 5) is 24.0. The van der Waals surface area contributed by atoms with Gasteiger partial charge in [-0.1, -0.05) is 44.5 Å². The summed E-state index contributed by atoms with van der Waals surface area (Å²) < 4.78 is 0. The van der Waals surface area contributed by atoms with Gasteiger partial charge in [0, 0.05) is 16.9 Å². The Morgan fingerprint density at radius 1 is 1.43 bits per heavy atom. The summed E-state index contributed by atoms with van der Waals surface area (Å²) in [5.74, 6) is -0.367. The fourth-order valence-corrected chi connectivity index (χ4v) is 3.09. The van der Waals surface area contributed by atoms with Crippen LogP contribution in [0.15, 0.2) is 24.3 Å². The Balaban J connectivity index is 1.98. The van der Waals surface area contributed by atoms with Gasteiger partial charge < -0.3 is 0 Å². The maximum Gasteiger partial charge on any atom is 0.246 e. The molecule has 0 heterocycles. The quantitative estimate of drug-likeness (QED) is 0.646. The predicted octanol–water partition coefficient (Wildman–Crippen LogP) is 3.13. The first kappa shape index (κ1) is 15.7. The van der Waals surface area contributed by atoms with E-state index in [-0.39, 0.29) is 23.0 Å². The fourth-order valence-electron chi connectivity index (χ4n) is 3.09. The maximum atomic E-state index is 12.7. The molecule has 2 rings (SSSR count). The molecule has 0 fully saturated rings. The molecule has 0 saturated heterocycles. The molecule has 1 aromatic carbocycles. The van der Waals surface area contributed by atoms with Crippen LogP contribution >= 0.6 is 0 Å². The first-order valence-corrected chi connectivity index (χ1v) is 7.54. The van der Waals surface area contributed by atoms with Crippen LogP contribution in [0, 0.1) is 11.3 Å². The van der Waals surface area contributed by atoms with E-state index < -0.39 is 0 Å². The Morgan fingerprint density at radius 2 is 2.14 bits per heavy atom. The molecule has 4 nitrogen and oxygen atoms in total. The summed E-state index contributed by atoms with van der Waals surface area (Å²) in [5, 5.41) is 8.60. The number of carbonyl (C=O) groups is 2. The highest BCUT2D eigenvalue weighted by molar-refractivity contribution is 6.02. The molecule has 0 aromatic heterocycles. The van der Waals surface area contributed by atoms with Crippen LogP contribution in [0.3, 0.4) is 0 Å². The van der Waals surface area contributed by atoms with Gasteiger partial charge in [-0.2, -0.15) is 0 Å². The van der Waals surface area contributed by atoms with E-state index >= 15 is 0 Å². The second kappa shape index (κ2) is 6.39. The van der Waals surface area contributed by atoms with Gasteiger partial charge in [-0.05, 0) is 31.2 Å². The van der Waals surface area contributed by atoms with Crippen LogP contribution in [0.4, 0.5) is 0 Å². The minimum absolute atomic E-state index is 0.226. The summed E-state index contributed by atoms with van der Waals surface area (Å²) >= 11 is 0. The highest BCUT2D eigenvalue weighted by Gasteiger charge is 2.37. The highest BCUT2D eigenvalue weighted by Crippen LogP contribution is 2.39. The van der Waals surface area contributed by atoms with Crippen LogP contribution in [0.5, 0.6) is 0 Å². The Hall–Kier alpha value is -1.68. The Kier molecular flexibility index (Phi) is 4.78. The minimum atomic E-state index is -0.361. The number of benzene rings is 1. The molecule has 1 amide bonds. The molecule has 2 N–H and O–H groups in total. The van der Waals surface area contributed by atoms with Gasteiger partial charge in [-0.15, -0.1) is 0 Å². The monoisotopic (exact) mass is 289 g/mol. The van der Waals surface area contributed by atoms with Crippen molar-refractivity contribution in [2.75, 3.05) is 0 Å². The number of hydrogen-bond donors (Lipinski definition) is 2. The second-order valence-electron chi connectivity index (χ2n) is 6.32. The molecule has 21 heavy (non-hydrogen) atoms. The topological polar surface area (TPSA) is 66.4 Å². The van der Waals surface area contributed by atoms with Crippen molar-refractivity contribution in [2.24, 2.45) is 11.3 Å². The molecule has 0 saturated carbocycles. The van der Waals surface area contributed by atoms with E-state index in [1.54, 1.807) is 12.4 Å². The van der Waals surface area contributed by atoms with Crippen LogP contribution in [0.1, 0.15) is 55.5 Å². The fraction of sp³-hybridized carbons (Fsp3) is 0.529. The van der Waals surface area contributed by atoms with Gasteiger partial charge >= 0.3 is 0 Å². The standard InChI is InChI=1S/C17H23NO3/c1-12(16(20)18-21)6-5-10-17(2)11-9-13-7-3-4-8-14(13)15(17)19/h3-4,7-8,12,21H,5-6,9-11H2,1-2H3,(H,18,20). The molecule has 1 aromatic rings. The van der Waals surface area contributed by atoms with Gasteiger partial charge in [0.2, 0.25) is 5.91 Å². The number of rotatable bonds is 5. The molecule has 114 valence electrons. The molecule has 0 aliphatic heterocycles. The summed E-state index contributed by atoms with van der Waals surface area (Å²) in [5.41, 5.74) is 3.35. The Morgan fingerprint density at radius 3 is 2.86 bits per heavy atom. The van der Waals surface area contributed by atoms with Gasteiger partial charge in [0.1, 0.15) is 0 Å². The van der Waals surface area contributed by atoms with Crippen LogP contribution in [0.25, 0.3) is 0 Å². The van der Waals surface area contributed by atoms with Gasteiger partial charge in [-0.25, -0.2) is 5.48 Å². The molecule has 2 atom stereocenters. The number of amides is 1. The molecule has 1 aliphatic rings. The van der Waals surface area contributed by atoms with Crippen molar-refractivity contribution >= 4 is 11.7 Å². The molecular weight excluding hydrogens is 266 g/mol. The van der Waals surface area contributed by atoms with Crippen molar-refractivity contribution < 1.29 is 14.8 Å². The van der Waals surface area contributed by atoms with Gasteiger partial charge in [-0.3, -0.25) is 14.8 Å². The number of aryl methyl sites for hydroxylation is 1. The molecule has 0 radical (unpaired) electrons. The lowest BCUT2D eigenvalue weighted by atomic mass is 9.69. The van der Waals surface area contributed by atoms with Crippen molar-refractivity contribution in [1.82, 2.24) is 5.48 Å². The summed E-state index contributed by atoms with van der Waals surface area (Å²) in [7, 11) is 0. The highest BCUT2D eigenvalue weighted by atomic mass is 16.5. The zero-order chi connectivity index (χ0) is 15.5. The van der Waals surface area contributed by atoms with Gasteiger partial charge in [0.15, 0.2) is 5.78 Å². The van der Waals surface area contributed by atoms with Crippen LogP contribution in [0.2, 0.25) is 0 Å². The van der Waals surface area contributed by atoms with Gasteiger partial charge in [0.25, 0.3) is 0 Å². The number of hydrogen-bond acceptors (Lipinski definition) is 3. The van der Waals surface area contributed by atoms with Crippen molar-refractivity contribution in [1.29, 1.82) is 0 Å². The lowest BCUT2D eigenvalue weighted by Gasteiger charge is -2.33. The zero-order valence-corrected chi connectivity index (χ0v) is 12.7. The number of nitrogens with one attached hydrogen (secondary N) is 1. The third-order valence-electron chi connectivity index (χ3n) is 4.68. The van der Waals surface area contributed by atoms with E-state index in [1.165, 1.54) is 0 Å². The average molecular weight is 289 g/mol. The summed E-state index contributed by atoms with van der Waals surface area (Å²) in [6.07, 6.45) is 4.06. The van der Waals surface area contributed by atoms with E-state index in [0.717, 1.165) is 36.8 Å². The molecule has 1 aliphatic carbocycles. The first-order valence-electron chi connectivity index (χ1n) is 7.54. The predicted molar refractivity (Wildman–Crippen MR) is 80.1 cm³/mol. The van der Waals surface area contributed by atoms with E-state index in [2.05, 4.69) is 0 Å². The molecule has 4 heteroatoms. The lowest BCUT2D eigenvalue weighted by Crippen LogP contribution is -2.33. The number of Topliss-reactive ketones (excluding diaryl/α,β-unsaturated/α-hetero) is 1. The second-order valence-corrected chi connectivity index (χ2v) is 6.32. The zero-order valence-electron chi connectivity index (χ0n) is 12.7. The third-order valence-corrected chi connectivity index (χ3v) is 4.68. The van der Waals surface area contributed by atoms with E-state index in [1.807, 2.05) is 31.2 Å². The number of ketones is 1. The molecular formula is C17H23NO3. The number of fused-ring (bicyclic) bond motifs is 1. The summed E-state index contributed by atoms with van der Waals surface area (Å²) in [6, 6.07) is 7.83. The largest absolute Gasteiger partial charge is 0.294 e. The van der Waals surface area contributed by atoms with Crippen molar-refractivity contribution in [2.45, 2.75) is 46.0 Å². The van der Waals surface area contributed by atoms with Crippen molar-refractivity contribution in [3.63, 3.8) is 0 Å². The average Bonchev–Trinajstić information content (AvgIpc) is 2.50. The van der Waals surface area contributed by atoms with Crippen LogP contribution in [-0.4, -0.2) is 16.9 Å².